The van der Waals surface area contributed by atoms with Gasteiger partial charge in [0.15, 0.2) is 11.0 Å². The number of thioether (sulfide) groups is 1. The smallest absolute Gasteiger partial charge is 0.273 e. The van der Waals surface area contributed by atoms with E-state index in [0.717, 1.165) is 5.56 Å². The molecule has 10 nitrogen and oxygen atoms in total. The number of hydrogen-bond acceptors (Lipinski definition) is 8. The molecule has 0 radical (unpaired) electrons. The van der Waals surface area contributed by atoms with E-state index in [1.807, 2.05) is 19.2 Å². The Balaban J connectivity index is 1.65. The van der Waals surface area contributed by atoms with Gasteiger partial charge in [-0.15, -0.1) is 10.2 Å². The van der Waals surface area contributed by atoms with Gasteiger partial charge >= 0.3 is 0 Å². The van der Waals surface area contributed by atoms with Crippen molar-refractivity contribution in [3.05, 3.63) is 52.8 Å². The van der Waals surface area contributed by atoms with Gasteiger partial charge in [-0.25, -0.2) is 0 Å². The van der Waals surface area contributed by atoms with Gasteiger partial charge in [-0.1, -0.05) is 11.8 Å². The highest BCUT2D eigenvalue weighted by atomic mass is 32.2. The Morgan fingerprint density at radius 2 is 2.18 bits per heavy atom. The molecule has 11 heteroatoms. The molecule has 0 aliphatic carbocycles. The van der Waals surface area contributed by atoms with Crippen LogP contribution >= 0.6 is 11.8 Å². The van der Waals surface area contributed by atoms with Gasteiger partial charge < -0.3 is 14.6 Å². The van der Waals surface area contributed by atoms with Crippen molar-refractivity contribution in [1.29, 1.82) is 0 Å². The number of carbonyl (C=O) groups is 1. The fourth-order valence-electron chi connectivity index (χ4n) is 2.40. The van der Waals surface area contributed by atoms with Crippen molar-refractivity contribution in [2.75, 3.05) is 18.2 Å². The molecule has 3 aromatic rings. The zero-order chi connectivity index (χ0) is 20.1. The van der Waals surface area contributed by atoms with Crippen LogP contribution in [0.1, 0.15) is 0 Å². The quantitative estimate of drug-likeness (QED) is 0.364. The Bertz CT molecular complexity index is 1010. The van der Waals surface area contributed by atoms with Crippen molar-refractivity contribution in [1.82, 2.24) is 19.7 Å². The monoisotopic (exact) mass is 400 g/mol. The second-order valence-corrected chi connectivity index (χ2v) is 6.53. The predicted octanol–water partition coefficient (Wildman–Crippen LogP) is 2.52. The number of nitro benzene ring substituents is 1. The normalized spacial score (nSPS) is 10.5. The lowest BCUT2D eigenvalue weighted by Gasteiger charge is -2.09. The van der Waals surface area contributed by atoms with Crippen LogP contribution in [0.4, 0.5) is 11.4 Å². The van der Waals surface area contributed by atoms with Gasteiger partial charge in [-0.05, 0) is 18.2 Å². The van der Waals surface area contributed by atoms with E-state index < -0.39 is 4.92 Å². The van der Waals surface area contributed by atoms with E-state index in [-0.39, 0.29) is 23.1 Å². The zero-order valence-corrected chi connectivity index (χ0v) is 15.8. The van der Waals surface area contributed by atoms with Gasteiger partial charge in [0, 0.05) is 31.1 Å². The third-order valence-electron chi connectivity index (χ3n) is 3.76. The summed E-state index contributed by atoms with van der Waals surface area (Å²) in [6, 6.07) is 7.67. The van der Waals surface area contributed by atoms with Gasteiger partial charge in [-0.3, -0.25) is 19.9 Å². The predicted molar refractivity (Wildman–Crippen MR) is 103 cm³/mol. The zero-order valence-electron chi connectivity index (χ0n) is 15.0. The number of nitro groups is 1. The molecule has 1 N–H and O–H groups in total. The standard InChI is InChI=1S/C17H16N6O4S/c1-22-16(11-4-3-7-18-9-11)20-21-17(22)28-10-15(24)19-13-6-5-12(23(25)26)8-14(13)27-2/h3-9H,10H2,1-2H3,(H,19,24). The minimum Gasteiger partial charge on any atom is -0.494 e. The number of hydrogen-bond donors (Lipinski definition) is 1. The molecule has 2 aromatic heterocycles. The summed E-state index contributed by atoms with van der Waals surface area (Å²) in [6.07, 6.45) is 3.36. The van der Waals surface area contributed by atoms with Gasteiger partial charge in [0.25, 0.3) is 5.69 Å². The van der Waals surface area contributed by atoms with Crippen LogP contribution < -0.4 is 10.1 Å². The Morgan fingerprint density at radius 3 is 2.86 bits per heavy atom. The summed E-state index contributed by atoms with van der Waals surface area (Å²) in [6.45, 7) is 0. The van der Waals surface area contributed by atoms with Gasteiger partial charge in [0.05, 0.1) is 29.5 Å². The van der Waals surface area contributed by atoms with E-state index in [4.69, 9.17) is 4.74 Å². The van der Waals surface area contributed by atoms with Crippen LogP contribution in [-0.4, -0.2) is 43.4 Å². The molecule has 28 heavy (non-hydrogen) atoms. The maximum Gasteiger partial charge on any atom is 0.273 e. The molecule has 0 aliphatic rings. The number of nitrogens with zero attached hydrogens (tertiary/aromatic N) is 5. The number of pyridine rings is 1. The number of nitrogens with one attached hydrogen (secondary N) is 1. The molecule has 0 aliphatic heterocycles. The fraction of sp³-hybridized carbons (Fsp3) is 0.176. The third kappa shape index (κ3) is 4.26. The number of non-ortho nitro benzene ring substituents is 1. The van der Waals surface area contributed by atoms with Gasteiger partial charge in [0.2, 0.25) is 5.91 Å². The van der Waals surface area contributed by atoms with E-state index in [1.165, 1.54) is 37.1 Å². The Kier molecular flexibility index (Phi) is 5.84. The molecule has 144 valence electrons. The van der Waals surface area contributed by atoms with E-state index in [1.54, 1.807) is 17.0 Å². The maximum atomic E-state index is 12.3. The fourth-order valence-corrected chi connectivity index (χ4v) is 3.11. The maximum absolute atomic E-state index is 12.3. The number of aromatic nitrogens is 4. The van der Waals surface area contributed by atoms with E-state index >= 15 is 0 Å². The number of ether oxygens (including phenoxy) is 1. The van der Waals surface area contributed by atoms with Crippen molar-refractivity contribution < 1.29 is 14.5 Å². The summed E-state index contributed by atoms with van der Waals surface area (Å²) in [5.41, 5.74) is 1.06. The molecule has 0 fully saturated rings. The Labute approximate surface area is 164 Å². The Morgan fingerprint density at radius 1 is 1.36 bits per heavy atom. The third-order valence-corrected chi connectivity index (χ3v) is 4.78. The van der Waals surface area contributed by atoms with Crippen LogP contribution in [0.2, 0.25) is 0 Å². The number of amides is 1. The van der Waals surface area contributed by atoms with E-state index in [2.05, 4.69) is 20.5 Å². The largest absolute Gasteiger partial charge is 0.494 e. The molecule has 2 heterocycles. The number of benzene rings is 1. The molecule has 0 unspecified atom stereocenters. The molecular weight excluding hydrogens is 384 g/mol. The van der Waals surface area contributed by atoms with Crippen molar-refractivity contribution in [2.45, 2.75) is 5.16 Å². The first kappa shape index (κ1) is 19.3. The minimum atomic E-state index is -0.530. The number of carbonyl (C=O) groups excluding carboxylic acids is 1. The first-order chi connectivity index (χ1) is 13.5. The minimum absolute atomic E-state index is 0.0825. The van der Waals surface area contributed by atoms with Crippen molar-refractivity contribution >= 4 is 29.0 Å². The van der Waals surface area contributed by atoms with E-state index in [9.17, 15) is 14.9 Å². The van der Waals surface area contributed by atoms with Crippen molar-refractivity contribution in [2.24, 2.45) is 7.05 Å². The lowest BCUT2D eigenvalue weighted by Crippen LogP contribution is -2.15. The summed E-state index contributed by atoms with van der Waals surface area (Å²) < 4.78 is 6.89. The number of anilines is 1. The lowest BCUT2D eigenvalue weighted by molar-refractivity contribution is -0.384. The Hall–Kier alpha value is -3.47. The van der Waals surface area contributed by atoms with Crippen LogP contribution in [0.5, 0.6) is 5.75 Å². The highest BCUT2D eigenvalue weighted by molar-refractivity contribution is 7.99. The summed E-state index contributed by atoms with van der Waals surface area (Å²) in [5, 5.41) is 22.3. The number of rotatable bonds is 7. The average Bonchev–Trinajstić information content (AvgIpc) is 3.07. The molecular formula is C17H16N6O4S. The highest BCUT2D eigenvalue weighted by Gasteiger charge is 2.16. The second-order valence-electron chi connectivity index (χ2n) is 5.59. The average molecular weight is 400 g/mol. The summed E-state index contributed by atoms with van der Waals surface area (Å²) in [5.74, 6) is 0.639. The second kappa shape index (κ2) is 8.48. The van der Waals surface area contributed by atoms with Crippen LogP contribution in [-0.2, 0) is 11.8 Å². The first-order valence-corrected chi connectivity index (χ1v) is 9.03. The van der Waals surface area contributed by atoms with Crippen molar-refractivity contribution in [3.63, 3.8) is 0 Å². The van der Waals surface area contributed by atoms with Gasteiger partial charge in [-0.2, -0.15) is 0 Å². The highest BCUT2D eigenvalue weighted by Crippen LogP contribution is 2.29. The van der Waals surface area contributed by atoms with Crippen LogP contribution in [0, 0.1) is 10.1 Å². The topological polar surface area (TPSA) is 125 Å². The molecule has 1 amide bonds. The molecule has 0 spiro atoms. The lowest BCUT2D eigenvalue weighted by atomic mass is 10.2. The molecule has 0 saturated heterocycles. The molecule has 1 aromatic carbocycles. The molecule has 0 saturated carbocycles. The van der Waals surface area contributed by atoms with Crippen LogP contribution in [0.3, 0.4) is 0 Å². The summed E-state index contributed by atoms with van der Waals surface area (Å²) >= 11 is 1.22. The summed E-state index contributed by atoms with van der Waals surface area (Å²) in [4.78, 5) is 26.6. The van der Waals surface area contributed by atoms with Crippen LogP contribution in [0.15, 0.2) is 47.9 Å². The molecule has 0 atom stereocenters. The molecule has 0 bridgehead atoms. The summed E-state index contributed by atoms with van der Waals surface area (Å²) in [7, 11) is 3.19. The first-order valence-electron chi connectivity index (χ1n) is 8.04. The van der Waals surface area contributed by atoms with Crippen molar-refractivity contribution in [3.8, 4) is 17.1 Å². The van der Waals surface area contributed by atoms with E-state index in [0.29, 0.717) is 16.7 Å². The van der Waals surface area contributed by atoms with Crippen LogP contribution in [0.25, 0.3) is 11.4 Å². The molecule has 3 rings (SSSR count). The van der Waals surface area contributed by atoms with Gasteiger partial charge in [0.1, 0.15) is 5.75 Å². The SMILES string of the molecule is COc1cc([N+](=O)[O-])ccc1NC(=O)CSc1nnc(-c2cccnc2)n1C. The number of methoxy groups -OCH3 is 1.